The van der Waals surface area contributed by atoms with Crippen LogP contribution in [0.4, 0.5) is 4.39 Å². The molecule has 0 heterocycles. The minimum absolute atomic E-state index is 0.0638. The first kappa shape index (κ1) is 22.0. The molecule has 0 aliphatic heterocycles. The molecule has 4 nitrogen and oxygen atoms in total. The van der Waals surface area contributed by atoms with Gasteiger partial charge in [-0.25, -0.2) is 4.39 Å². The van der Waals surface area contributed by atoms with E-state index < -0.39 is 11.9 Å². The zero-order valence-corrected chi connectivity index (χ0v) is 17.9. The van der Waals surface area contributed by atoms with E-state index in [0.29, 0.717) is 18.5 Å². The summed E-state index contributed by atoms with van der Waals surface area (Å²) in [6, 6.07) is 13.8. The van der Waals surface area contributed by atoms with Crippen molar-refractivity contribution in [2.24, 2.45) is 0 Å². The van der Waals surface area contributed by atoms with Gasteiger partial charge in [-0.05, 0) is 43.4 Å². The molecule has 3 rings (SSSR count). The van der Waals surface area contributed by atoms with Crippen LogP contribution >= 0.6 is 0 Å². The molecule has 30 heavy (non-hydrogen) atoms. The highest BCUT2D eigenvalue weighted by molar-refractivity contribution is 5.88. The van der Waals surface area contributed by atoms with Crippen LogP contribution in [-0.4, -0.2) is 28.8 Å². The van der Waals surface area contributed by atoms with Crippen molar-refractivity contribution in [3.8, 4) is 0 Å². The Morgan fingerprint density at radius 1 is 1.13 bits per heavy atom. The van der Waals surface area contributed by atoms with Crippen LogP contribution in [0.5, 0.6) is 0 Å². The molecule has 1 aliphatic carbocycles. The molecule has 2 amide bonds. The number of hydrogen-bond donors (Lipinski definition) is 1. The Morgan fingerprint density at radius 2 is 1.87 bits per heavy atom. The monoisotopic (exact) mass is 410 g/mol. The van der Waals surface area contributed by atoms with Crippen molar-refractivity contribution in [2.75, 3.05) is 0 Å². The summed E-state index contributed by atoms with van der Waals surface area (Å²) >= 11 is 0. The van der Waals surface area contributed by atoms with Crippen LogP contribution in [0.3, 0.4) is 0 Å². The number of benzene rings is 2. The average Bonchev–Trinajstić information content (AvgIpc) is 3.22. The van der Waals surface area contributed by atoms with E-state index in [1.54, 1.807) is 23.1 Å². The largest absolute Gasteiger partial charge is 0.352 e. The maximum absolute atomic E-state index is 14.2. The molecule has 2 aromatic rings. The van der Waals surface area contributed by atoms with Gasteiger partial charge < -0.3 is 10.2 Å². The van der Waals surface area contributed by atoms with Gasteiger partial charge in [-0.2, -0.15) is 0 Å². The van der Waals surface area contributed by atoms with Crippen LogP contribution in [-0.2, 0) is 22.6 Å². The van der Waals surface area contributed by atoms with E-state index in [0.717, 1.165) is 36.8 Å². The fraction of sp³-hybridized carbons (Fsp3) is 0.440. The van der Waals surface area contributed by atoms with Crippen molar-refractivity contribution in [1.29, 1.82) is 0 Å². The summed E-state index contributed by atoms with van der Waals surface area (Å²) in [5.74, 6) is -0.751. The van der Waals surface area contributed by atoms with E-state index in [-0.39, 0.29) is 24.3 Å². The molecule has 1 fully saturated rings. The van der Waals surface area contributed by atoms with E-state index in [2.05, 4.69) is 5.32 Å². The van der Waals surface area contributed by atoms with Crippen molar-refractivity contribution in [1.82, 2.24) is 10.2 Å². The van der Waals surface area contributed by atoms with E-state index in [1.165, 1.54) is 6.07 Å². The number of aryl methyl sites for hydroxylation is 1. The highest BCUT2D eigenvalue weighted by Gasteiger charge is 2.30. The molecule has 0 aromatic heterocycles. The Morgan fingerprint density at radius 3 is 2.53 bits per heavy atom. The summed E-state index contributed by atoms with van der Waals surface area (Å²) in [5.41, 5.74) is 2.41. The van der Waals surface area contributed by atoms with Gasteiger partial charge in [0.25, 0.3) is 0 Å². The smallest absolute Gasteiger partial charge is 0.243 e. The second kappa shape index (κ2) is 10.4. The summed E-state index contributed by atoms with van der Waals surface area (Å²) in [6.07, 6.45) is 4.67. The zero-order chi connectivity index (χ0) is 21.5. The van der Waals surface area contributed by atoms with Gasteiger partial charge in [-0.3, -0.25) is 9.59 Å². The SMILES string of the molecule is CC[C@@H](C(=O)NC1CCCC1)N(Cc1cccc(C)c1)C(=O)Cc1ccccc1F. The quantitative estimate of drug-likeness (QED) is 0.694. The molecule has 1 atom stereocenters. The minimum atomic E-state index is -0.578. The van der Waals surface area contributed by atoms with Crippen LogP contribution in [0.1, 0.15) is 55.7 Å². The lowest BCUT2D eigenvalue weighted by molar-refractivity contribution is -0.141. The Hall–Kier alpha value is -2.69. The first-order valence-electron chi connectivity index (χ1n) is 10.9. The lowest BCUT2D eigenvalue weighted by atomic mass is 10.0. The third kappa shape index (κ3) is 5.68. The van der Waals surface area contributed by atoms with Gasteiger partial charge in [0.1, 0.15) is 11.9 Å². The van der Waals surface area contributed by atoms with E-state index in [1.807, 2.05) is 38.1 Å². The maximum Gasteiger partial charge on any atom is 0.243 e. The Labute approximate surface area is 178 Å². The highest BCUT2D eigenvalue weighted by atomic mass is 19.1. The maximum atomic E-state index is 14.2. The predicted molar refractivity (Wildman–Crippen MR) is 116 cm³/mol. The number of amides is 2. The third-order valence-electron chi connectivity index (χ3n) is 5.82. The molecule has 0 saturated heterocycles. The molecule has 0 bridgehead atoms. The van der Waals surface area contributed by atoms with Gasteiger partial charge in [0.05, 0.1) is 6.42 Å². The Kier molecular flexibility index (Phi) is 7.61. The molecular weight excluding hydrogens is 379 g/mol. The summed E-state index contributed by atoms with van der Waals surface area (Å²) in [7, 11) is 0. The van der Waals surface area contributed by atoms with Crippen molar-refractivity contribution in [3.63, 3.8) is 0 Å². The molecule has 0 unspecified atom stereocenters. The van der Waals surface area contributed by atoms with Crippen molar-refractivity contribution < 1.29 is 14.0 Å². The van der Waals surface area contributed by atoms with Crippen molar-refractivity contribution >= 4 is 11.8 Å². The molecule has 160 valence electrons. The van der Waals surface area contributed by atoms with Crippen LogP contribution in [0.2, 0.25) is 0 Å². The van der Waals surface area contributed by atoms with Crippen molar-refractivity contribution in [2.45, 2.75) is 71.0 Å². The summed E-state index contributed by atoms with van der Waals surface area (Å²) < 4.78 is 14.2. The number of carbonyl (C=O) groups excluding carboxylic acids is 2. The Balaban J connectivity index is 1.83. The Bertz CT molecular complexity index is 877. The molecule has 0 radical (unpaired) electrons. The third-order valence-corrected chi connectivity index (χ3v) is 5.82. The number of nitrogens with one attached hydrogen (secondary N) is 1. The van der Waals surface area contributed by atoms with Crippen LogP contribution in [0.25, 0.3) is 0 Å². The summed E-state index contributed by atoms with van der Waals surface area (Å²) in [6.45, 7) is 4.24. The molecule has 0 spiro atoms. The van der Waals surface area contributed by atoms with E-state index >= 15 is 0 Å². The molecule has 1 aliphatic rings. The van der Waals surface area contributed by atoms with Gasteiger partial charge in [-0.1, -0.05) is 67.8 Å². The fourth-order valence-corrected chi connectivity index (χ4v) is 4.20. The second-order valence-electron chi connectivity index (χ2n) is 8.19. The number of halogens is 1. The molecule has 1 N–H and O–H groups in total. The molecular formula is C25H31FN2O2. The molecule has 5 heteroatoms. The first-order valence-corrected chi connectivity index (χ1v) is 10.9. The van der Waals surface area contributed by atoms with E-state index in [9.17, 15) is 14.0 Å². The lowest BCUT2D eigenvalue weighted by Gasteiger charge is -2.31. The standard InChI is InChI=1S/C25H31FN2O2/c1-3-23(25(30)27-21-12-5-6-13-21)28(17-19-10-8-9-18(2)15-19)24(29)16-20-11-4-7-14-22(20)26/h4,7-11,14-15,21,23H,3,5-6,12-13,16-17H2,1-2H3,(H,27,30)/t23-/m0/s1. The van der Waals surface area contributed by atoms with Gasteiger partial charge in [0.15, 0.2) is 0 Å². The zero-order valence-electron chi connectivity index (χ0n) is 17.9. The van der Waals surface area contributed by atoms with Crippen LogP contribution in [0, 0.1) is 12.7 Å². The van der Waals surface area contributed by atoms with E-state index in [4.69, 9.17) is 0 Å². The molecule has 2 aromatic carbocycles. The van der Waals surface area contributed by atoms with Gasteiger partial charge in [0.2, 0.25) is 11.8 Å². The predicted octanol–water partition coefficient (Wildman–Crippen LogP) is 4.54. The van der Waals surface area contributed by atoms with Crippen LogP contribution < -0.4 is 5.32 Å². The van der Waals surface area contributed by atoms with Crippen LogP contribution in [0.15, 0.2) is 48.5 Å². The van der Waals surface area contributed by atoms with Gasteiger partial charge in [-0.15, -0.1) is 0 Å². The average molecular weight is 411 g/mol. The number of nitrogens with zero attached hydrogens (tertiary/aromatic N) is 1. The van der Waals surface area contributed by atoms with Gasteiger partial charge >= 0.3 is 0 Å². The first-order chi connectivity index (χ1) is 14.5. The van der Waals surface area contributed by atoms with Gasteiger partial charge in [0, 0.05) is 12.6 Å². The second-order valence-corrected chi connectivity index (χ2v) is 8.19. The summed E-state index contributed by atoms with van der Waals surface area (Å²) in [4.78, 5) is 28.0. The number of carbonyl (C=O) groups is 2. The topological polar surface area (TPSA) is 49.4 Å². The number of hydrogen-bond acceptors (Lipinski definition) is 2. The summed E-state index contributed by atoms with van der Waals surface area (Å²) in [5, 5.41) is 3.13. The molecule has 1 saturated carbocycles. The highest BCUT2D eigenvalue weighted by Crippen LogP contribution is 2.20. The lowest BCUT2D eigenvalue weighted by Crippen LogP contribution is -2.51. The minimum Gasteiger partial charge on any atom is -0.352 e. The number of rotatable bonds is 8. The van der Waals surface area contributed by atoms with Crippen molar-refractivity contribution in [3.05, 3.63) is 71.0 Å². The normalized spacial score (nSPS) is 15.0. The fourth-order valence-electron chi connectivity index (χ4n) is 4.20.